The molecule has 0 unspecified atom stereocenters. The molecule has 0 saturated heterocycles. The van der Waals surface area contributed by atoms with Crippen molar-refractivity contribution in [1.82, 2.24) is 30.0 Å². The molecule has 0 saturated carbocycles. The zero-order valence-electron chi connectivity index (χ0n) is 10.2. The molecular formula is C11H11N7O. The van der Waals surface area contributed by atoms with E-state index in [1.807, 2.05) is 25.1 Å². The van der Waals surface area contributed by atoms with E-state index in [0.29, 0.717) is 12.1 Å². The second-order valence-corrected chi connectivity index (χ2v) is 3.88. The second-order valence-electron chi connectivity index (χ2n) is 3.88. The molecule has 8 nitrogen and oxygen atoms in total. The number of pyridine rings is 1. The molecule has 1 amide bonds. The third-order valence-corrected chi connectivity index (χ3v) is 2.72. The topological polar surface area (TPSA) is 101 Å². The largest absolute Gasteiger partial charge is 0.295 e. The Morgan fingerprint density at radius 2 is 2.37 bits per heavy atom. The smallest absolute Gasteiger partial charge is 0.277 e. The molecule has 3 aromatic heterocycles. The number of tetrazole rings is 1. The van der Waals surface area contributed by atoms with E-state index in [4.69, 9.17) is 0 Å². The third-order valence-electron chi connectivity index (χ3n) is 2.72. The Bertz CT molecular complexity index is 716. The molecule has 0 aromatic carbocycles. The summed E-state index contributed by atoms with van der Waals surface area (Å²) in [5.74, 6) is -0.171. The zero-order valence-corrected chi connectivity index (χ0v) is 10.2. The standard InChI is InChI=1S/C11H11N7O/c1-2-7-9(10(19)13-11-14-16-17-15-11)18-6-4-3-5-8(18)12-7/h3-6H,2H2,1H3,(H2,13,14,15,16,17,19). The maximum Gasteiger partial charge on any atom is 0.277 e. The number of hydrogen-bond acceptors (Lipinski definition) is 5. The Morgan fingerprint density at radius 3 is 3.11 bits per heavy atom. The lowest BCUT2D eigenvalue weighted by molar-refractivity contribution is 0.101. The minimum absolute atomic E-state index is 0.137. The van der Waals surface area contributed by atoms with E-state index >= 15 is 0 Å². The van der Waals surface area contributed by atoms with Crippen molar-refractivity contribution < 1.29 is 4.79 Å². The molecule has 8 heteroatoms. The summed E-state index contributed by atoms with van der Waals surface area (Å²) in [6, 6.07) is 5.58. The predicted molar refractivity (Wildman–Crippen MR) is 66.7 cm³/mol. The van der Waals surface area contributed by atoms with Gasteiger partial charge in [-0.05, 0) is 23.8 Å². The van der Waals surface area contributed by atoms with Crippen LogP contribution in [0.5, 0.6) is 0 Å². The van der Waals surface area contributed by atoms with Gasteiger partial charge in [-0.15, -0.1) is 5.10 Å². The van der Waals surface area contributed by atoms with Gasteiger partial charge in [0.2, 0.25) is 0 Å². The molecule has 0 aliphatic heterocycles. The van der Waals surface area contributed by atoms with E-state index in [2.05, 4.69) is 30.9 Å². The van der Waals surface area contributed by atoms with Gasteiger partial charge in [0.15, 0.2) is 0 Å². The molecule has 2 N–H and O–H groups in total. The van der Waals surface area contributed by atoms with Crippen LogP contribution in [0.4, 0.5) is 5.95 Å². The number of aryl methyl sites for hydroxylation is 1. The quantitative estimate of drug-likeness (QED) is 0.717. The van der Waals surface area contributed by atoms with Gasteiger partial charge in [0.05, 0.1) is 5.69 Å². The number of amides is 1. The van der Waals surface area contributed by atoms with Crippen molar-refractivity contribution in [3.63, 3.8) is 0 Å². The summed E-state index contributed by atoms with van der Waals surface area (Å²) in [6.45, 7) is 1.95. The highest BCUT2D eigenvalue weighted by molar-refractivity contribution is 6.03. The number of aromatic amines is 1. The summed E-state index contributed by atoms with van der Waals surface area (Å²) < 4.78 is 1.74. The Labute approximate surface area is 107 Å². The molecule has 3 rings (SSSR count). The van der Waals surface area contributed by atoms with Crippen molar-refractivity contribution in [3.05, 3.63) is 35.8 Å². The molecule has 3 aromatic rings. The molecule has 0 fully saturated rings. The number of rotatable bonds is 3. The number of anilines is 1. The normalized spacial score (nSPS) is 10.8. The van der Waals surface area contributed by atoms with Crippen LogP contribution < -0.4 is 5.32 Å². The summed E-state index contributed by atoms with van der Waals surface area (Å²) >= 11 is 0. The first-order valence-corrected chi connectivity index (χ1v) is 5.80. The van der Waals surface area contributed by atoms with Gasteiger partial charge in [0.1, 0.15) is 11.3 Å². The van der Waals surface area contributed by atoms with Crippen molar-refractivity contribution in [2.24, 2.45) is 0 Å². The van der Waals surface area contributed by atoms with Gasteiger partial charge in [-0.3, -0.25) is 14.5 Å². The molecule has 0 aliphatic carbocycles. The number of H-pyrrole nitrogens is 1. The van der Waals surface area contributed by atoms with Crippen LogP contribution in [0.3, 0.4) is 0 Å². The van der Waals surface area contributed by atoms with Crippen molar-refractivity contribution in [2.45, 2.75) is 13.3 Å². The Hall–Kier alpha value is -2.77. The highest BCUT2D eigenvalue weighted by atomic mass is 16.2. The minimum Gasteiger partial charge on any atom is -0.295 e. The predicted octanol–water partition coefficient (Wildman–Crippen LogP) is 0.662. The number of hydrogen-bond donors (Lipinski definition) is 2. The number of imidazole rings is 1. The Balaban J connectivity index is 2.05. The number of carbonyl (C=O) groups is 1. The van der Waals surface area contributed by atoms with Crippen LogP contribution in [-0.4, -0.2) is 35.9 Å². The number of nitrogens with zero attached hydrogens (tertiary/aromatic N) is 5. The maximum absolute atomic E-state index is 12.3. The molecule has 0 radical (unpaired) electrons. The van der Waals surface area contributed by atoms with Crippen molar-refractivity contribution in [1.29, 1.82) is 0 Å². The van der Waals surface area contributed by atoms with Crippen LogP contribution in [0, 0.1) is 0 Å². The number of fused-ring (bicyclic) bond motifs is 1. The maximum atomic E-state index is 12.3. The van der Waals surface area contributed by atoms with Gasteiger partial charge >= 0.3 is 0 Å². The summed E-state index contributed by atoms with van der Waals surface area (Å²) in [4.78, 5) is 16.7. The van der Waals surface area contributed by atoms with E-state index in [1.165, 1.54) is 0 Å². The SMILES string of the molecule is CCc1nc2ccccn2c1C(=O)Nc1nn[nH]n1. The van der Waals surface area contributed by atoms with E-state index in [-0.39, 0.29) is 11.9 Å². The highest BCUT2D eigenvalue weighted by Crippen LogP contribution is 2.14. The monoisotopic (exact) mass is 257 g/mol. The van der Waals surface area contributed by atoms with Crippen LogP contribution in [0.25, 0.3) is 5.65 Å². The Morgan fingerprint density at radius 1 is 1.47 bits per heavy atom. The molecule has 0 atom stereocenters. The molecular weight excluding hydrogens is 246 g/mol. The van der Waals surface area contributed by atoms with Gasteiger partial charge < -0.3 is 0 Å². The third kappa shape index (κ3) is 1.92. The van der Waals surface area contributed by atoms with Crippen LogP contribution in [-0.2, 0) is 6.42 Å². The van der Waals surface area contributed by atoms with E-state index in [1.54, 1.807) is 10.6 Å². The lowest BCUT2D eigenvalue weighted by Crippen LogP contribution is -2.17. The van der Waals surface area contributed by atoms with E-state index in [9.17, 15) is 4.79 Å². The molecule has 0 bridgehead atoms. The van der Waals surface area contributed by atoms with Gasteiger partial charge in [0, 0.05) is 6.20 Å². The minimum atomic E-state index is -0.308. The fourth-order valence-electron chi connectivity index (χ4n) is 1.91. The van der Waals surface area contributed by atoms with E-state index < -0.39 is 0 Å². The highest BCUT2D eigenvalue weighted by Gasteiger charge is 2.19. The van der Waals surface area contributed by atoms with Crippen LogP contribution in [0.1, 0.15) is 23.1 Å². The number of nitrogens with one attached hydrogen (secondary N) is 2. The first-order chi connectivity index (χ1) is 9.29. The Kier molecular flexibility index (Phi) is 2.67. The number of carbonyl (C=O) groups excluding carboxylic acids is 1. The lowest BCUT2D eigenvalue weighted by Gasteiger charge is -2.02. The number of aromatic nitrogens is 6. The fraction of sp³-hybridized carbons (Fsp3) is 0.182. The van der Waals surface area contributed by atoms with Gasteiger partial charge in [-0.2, -0.15) is 5.21 Å². The second kappa shape index (κ2) is 4.48. The molecule has 19 heavy (non-hydrogen) atoms. The van der Waals surface area contributed by atoms with E-state index in [0.717, 1.165) is 11.3 Å². The molecule has 0 aliphatic rings. The van der Waals surface area contributed by atoms with Crippen molar-refractivity contribution in [3.8, 4) is 0 Å². The first-order valence-electron chi connectivity index (χ1n) is 5.80. The van der Waals surface area contributed by atoms with Crippen molar-refractivity contribution >= 4 is 17.5 Å². The summed E-state index contributed by atoms with van der Waals surface area (Å²) in [5.41, 5.74) is 1.95. The van der Waals surface area contributed by atoms with Crippen LogP contribution >= 0.6 is 0 Å². The fourth-order valence-corrected chi connectivity index (χ4v) is 1.91. The van der Waals surface area contributed by atoms with Crippen LogP contribution in [0.2, 0.25) is 0 Å². The van der Waals surface area contributed by atoms with Crippen molar-refractivity contribution in [2.75, 3.05) is 5.32 Å². The molecule has 3 heterocycles. The van der Waals surface area contributed by atoms with Gasteiger partial charge in [0.25, 0.3) is 11.9 Å². The molecule has 96 valence electrons. The van der Waals surface area contributed by atoms with Crippen LogP contribution in [0.15, 0.2) is 24.4 Å². The summed E-state index contributed by atoms with van der Waals surface area (Å²) in [7, 11) is 0. The zero-order chi connectivity index (χ0) is 13.2. The molecule has 0 spiro atoms. The lowest BCUT2D eigenvalue weighted by atomic mass is 10.2. The van der Waals surface area contributed by atoms with Gasteiger partial charge in [-0.1, -0.05) is 18.1 Å². The summed E-state index contributed by atoms with van der Waals surface area (Å²) in [5, 5.41) is 15.6. The average molecular weight is 257 g/mol. The first kappa shape index (κ1) is 11.3. The average Bonchev–Trinajstić information content (AvgIpc) is 3.04. The summed E-state index contributed by atoms with van der Waals surface area (Å²) in [6.07, 6.45) is 2.46. The van der Waals surface area contributed by atoms with Gasteiger partial charge in [-0.25, -0.2) is 4.98 Å².